The fourth-order valence-corrected chi connectivity index (χ4v) is 2.41. The Balaban J connectivity index is 2.57. The summed E-state index contributed by atoms with van der Waals surface area (Å²) < 4.78 is 0. The van der Waals surface area contributed by atoms with Crippen molar-refractivity contribution in [2.75, 3.05) is 23.7 Å². The molecule has 0 spiro atoms. The smallest absolute Gasteiger partial charge is 0.0727 e. The lowest BCUT2D eigenvalue weighted by Crippen LogP contribution is -2.21. The lowest BCUT2D eigenvalue weighted by atomic mass is 9.91. The van der Waals surface area contributed by atoms with Crippen molar-refractivity contribution in [1.29, 1.82) is 0 Å². The third-order valence-corrected chi connectivity index (χ3v) is 3.72. The molecule has 3 heteroatoms. The second-order valence-corrected chi connectivity index (χ2v) is 6.22. The van der Waals surface area contributed by atoms with Gasteiger partial charge in [-0.25, -0.2) is 0 Å². The summed E-state index contributed by atoms with van der Waals surface area (Å²) in [6, 6.07) is 8.37. The SMILES string of the molecule is CCN(CC)c1ccc2nc(C(C)(C)C)cc(N)c2c1. The molecule has 0 radical (unpaired) electrons. The number of rotatable bonds is 3. The predicted octanol–water partition coefficient (Wildman–Crippen LogP) is 3.96. The first kappa shape index (κ1) is 14.6. The van der Waals surface area contributed by atoms with Gasteiger partial charge in [0.1, 0.15) is 0 Å². The molecule has 0 amide bonds. The number of nitrogens with two attached hydrogens (primary N) is 1. The largest absolute Gasteiger partial charge is 0.398 e. The monoisotopic (exact) mass is 271 g/mol. The molecule has 1 aromatic heterocycles. The maximum atomic E-state index is 6.25. The Kier molecular flexibility index (Phi) is 3.89. The molecule has 108 valence electrons. The van der Waals surface area contributed by atoms with Crippen molar-refractivity contribution in [1.82, 2.24) is 4.98 Å². The number of aromatic nitrogens is 1. The first-order valence-corrected chi connectivity index (χ1v) is 7.32. The van der Waals surface area contributed by atoms with Crippen LogP contribution in [0.4, 0.5) is 11.4 Å². The van der Waals surface area contributed by atoms with E-state index in [0.717, 1.165) is 35.4 Å². The maximum Gasteiger partial charge on any atom is 0.0727 e. The molecule has 0 unspecified atom stereocenters. The molecule has 0 fully saturated rings. The summed E-state index contributed by atoms with van der Waals surface area (Å²) in [7, 11) is 0. The summed E-state index contributed by atoms with van der Waals surface area (Å²) in [5.41, 5.74) is 10.3. The van der Waals surface area contributed by atoms with Crippen LogP contribution < -0.4 is 10.6 Å². The van der Waals surface area contributed by atoms with Gasteiger partial charge in [0.2, 0.25) is 0 Å². The van der Waals surface area contributed by atoms with E-state index in [0.29, 0.717) is 0 Å². The van der Waals surface area contributed by atoms with E-state index in [1.807, 2.05) is 6.07 Å². The van der Waals surface area contributed by atoms with Gasteiger partial charge in [-0.05, 0) is 38.1 Å². The molecule has 1 aromatic carbocycles. The van der Waals surface area contributed by atoms with E-state index in [9.17, 15) is 0 Å². The molecular formula is C17H25N3. The Hall–Kier alpha value is -1.77. The Morgan fingerprint density at radius 3 is 2.30 bits per heavy atom. The molecule has 20 heavy (non-hydrogen) atoms. The van der Waals surface area contributed by atoms with Gasteiger partial charge in [-0.2, -0.15) is 0 Å². The molecule has 0 aliphatic carbocycles. The zero-order chi connectivity index (χ0) is 14.9. The topological polar surface area (TPSA) is 42.2 Å². The van der Waals surface area contributed by atoms with Crippen molar-refractivity contribution in [3.63, 3.8) is 0 Å². The van der Waals surface area contributed by atoms with Crippen LogP contribution in [0.3, 0.4) is 0 Å². The van der Waals surface area contributed by atoms with E-state index in [-0.39, 0.29) is 5.41 Å². The van der Waals surface area contributed by atoms with Crippen molar-refractivity contribution >= 4 is 22.3 Å². The predicted molar refractivity (Wildman–Crippen MR) is 88.4 cm³/mol. The lowest BCUT2D eigenvalue weighted by molar-refractivity contribution is 0.572. The van der Waals surface area contributed by atoms with Gasteiger partial charge in [0.25, 0.3) is 0 Å². The molecule has 0 bridgehead atoms. The molecule has 0 aliphatic rings. The van der Waals surface area contributed by atoms with Gasteiger partial charge in [-0.1, -0.05) is 20.8 Å². The standard InChI is InChI=1S/C17H25N3/c1-6-20(7-2)12-8-9-15-13(10-12)14(18)11-16(19-15)17(3,4)5/h8-11H,6-7H2,1-5H3,(H2,18,19). The quantitative estimate of drug-likeness (QED) is 0.918. The minimum Gasteiger partial charge on any atom is -0.398 e. The normalized spacial score (nSPS) is 11.8. The Bertz CT molecular complexity index is 607. The molecule has 0 aliphatic heterocycles. The average Bonchev–Trinajstić information content (AvgIpc) is 2.39. The molecule has 2 aromatic rings. The van der Waals surface area contributed by atoms with Gasteiger partial charge in [0.15, 0.2) is 0 Å². The number of nitrogens with zero attached hydrogens (tertiary/aromatic N) is 2. The third kappa shape index (κ3) is 2.72. The summed E-state index contributed by atoms with van der Waals surface area (Å²) in [5.74, 6) is 0. The van der Waals surface area contributed by atoms with Gasteiger partial charge in [-0.3, -0.25) is 4.98 Å². The van der Waals surface area contributed by atoms with Crippen LogP contribution in [0, 0.1) is 0 Å². The highest BCUT2D eigenvalue weighted by molar-refractivity contribution is 5.93. The number of fused-ring (bicyclic) bond motifs is 1. The van der Waals surface area contributed by atoms with Gasteiger partial charge in [0.05, 0.1) is 5.52 Å². The zero-order valence-corrected chi connectivity index (χ0v) is 13.2. The highest BCUT2D eigenvalue weighted by Gasteiger charge is 2.17. The number of benzene rings is 1. The minimum atomic E-state index is 0.0137. The summed E-state index contributed by atoms with van der Waals surface area (Å²) in [5, 5.41) is 1.04. The Morgan fingerprint density at radius 1 is 1.10 bits per heavy atom. The third-order valence-electron chi connectivity index (χ3n) is 3.72. The minimum absolute atomic E-state index is 0.0137. The van der Waals surface area contributed by atoms with Gasteiger partial charge < -0.3 is 10.6 Å². The van der Waals surface area contributed by atoms with E-state index in [4.69, 9.17) is 10.7 Å². The van der Waals surface area contributed by atoms with Crippen LogP contribution in [0.5, 0.6) is 0 Å². The molecule has 0 saturated heterocycles. The number of hydrogen-bond acceptors (Lipinski definition) is 3. The van der Waals surface area contributed by atoms with Gasteiger partial charge in [-0.15, -0.1) is 0 Å². The second-order valence-electron chi connectivity index (χ2n) is 6.22. The first-order valence-electron chi connectivity index (χ1n) is 7.32. The number of hydrogen-bond donors (Lipinski definition) is 1. The highest BCUT2D eigenvalue weighted by atomic mass is 15.1. The summed E-state index contributed by atoms with van der Waals surface area (Å²) in [6.45, 7) is 12.8. The number of anilines is 2. The van der Waals surface area contributed by atoms with Crippen LogP contribution in [-0.2, 0) is 5.41 Å². The Morgan fingerprint density at radius 2 is 1.75 bits per heavy atom. The van der Waals surface area contributed by atoms with Crippen molar-refractivity contribution < 1.29 is 0 Å². The highest BCUT2D eigenvalue weighted by Crippen LogP contribution is 2.30. The van der Waals surface area contributed by atoms with Crippen LogP contribution in [0.2, 0.25) is 0 Å². The van der Waals surface area contributed by atoms with Crippen LogP contribution in [0.1, 0.15) is 40.3 Å². The number of nitrogen functional groups attached to an aromatic ring is 1. The van der Waals surface area contributed by atoms with Crippen LogP contribution >= 0.6 is 0 Å². The summed E-state index contributed by atoms with van der Waals surface area (Å²) >= 11 is 0. The zero-order valence-electron chi connectivity index (χ0n) is 13.2. The van der Waals surface area contributed by atoms with Crippen molar-refractivity contribution in [3.8, 4) is 0 Å². The molecule has 0 atom stereocenters. The van der Waals surface area contributed by atoms with Crippen LogP contribution in [-0.4, -0.2) is 18.1 Å². The summed E-state index contributed by atoms with van der Waals surface area (Å²) in [6.07, 6.45) is 0. The average molecular weight is 271 g/mol. The van der Waals surface area contributed by atoms with E-state index in [1.165, 1.54) is 5.69 Å². The van der Waals surface area contributed by atoms with Crippen molar-refractivity contribution in [2.24, 2.45) is 0 Å². The molecule has 3 nitrogen and oxygen atoms in total. The molecule has 0 saturated carbocycles. The van der Waals surface area contributed by atoms with Crippen LogP contribution in [0.25, 0.3) is 10.9 Å². The fourth-order valence-electron chi connectivity index (χ4n) is 2.41. The van der Waals surface area contributed by atoms with E-state index < -0.39 is 0 Å². The molecule has 2 rings (SSSR count). The molecule has 1 heterocycles. The van der Waals surface area contributed by atoms with Crippen LogP contribution in [0.15, 0.2) is 24.3 Å². The van der Waals surface area contributed by atoms with Crippen molar-refractivity contribution in [3.05, 3.63) is 30.0 Å². The van der Waals surface area contributed by atoms with Crippen molar-refractivity contribution in [2.45, 2.75) is 40.0 Å². The second kappa shape index (κ2) is 5.31. The number of pyridine rings is 1. The van der Waals surface area contributed by atoms with Gasteiger partial charge >= 0.3 is 0 Å². The van der Waals surface area contributed by atoms with E-state index >= 15 is 0 Å². The van der Waals surface area contributed by atoms with Gasteiger partial charge in [0, 0.05) is 41.0 Å². The molecular weight excluding hydrogens is 246 g/mol. The first-order chi connectivity index (χ1) is 9.36. The Labute approximate surface area is 121 Å². The fraction of sp³-hybridized carbons (Fsp3) is 0.471. The summed E-state index contributed by atoms with van der Waals surface area (Å²) in [4.78, 5) is 7.08. The van der Waals surface area contributed by atoms with E-state index in [1.54, 1.807) is 0 Å². The maximum absolute atomic E-state index is 6.25. The molecule has 2 N–H and O–H groups in total. The van der Waals surface area contributed by atoms with E-state index in [2.05, 4.69) is 57.7 Å². The lowest BCUT2D eigenvalue weighted by Gasteiger charge is -2.23.